The molecular weight excluding hydrogens is 216 g/mol. The van der Waals surface area contributed by atoms with Crippen molar-refractivity contribution in [1.82, 2.24) is 9.55 Å². The molecule has 0 bridgehead atoms. The highest BCUT2D eigenvalue weighted by Gasteiger charge is 2.43. The van der Waals surface area contributed by atoms with E-state index in [0.717, 1.165) is 38.1 Å². The van der Waals surface area contributed by atoms with E-state index in [2.05, 4.69) is 21.6 Å². The lowest BCUT2D eigenvalue weighted by atomic mass is 10.0. The summed E-state index contributed by atoms with van der Waals surface area (Å²) in [6, 6.07) is 0. The third-order valence-electron chi connectivity index (χ3n) is 3.42. The second kappa shape index (κ2) is 4.77. The minimum atomic E-state index is 0.194. The Morgan fingerprint density at radius 1 is 1.65 bits per heavy atom. The van der Waals surface area contributed by atoms with Crippen molar-refractivity contribution in [3.8, 4) is 0 Å². The molecule has 1 aliphatic rings. The first-order valence-corrected chi connectivity index (χ1v) is 6.15. The van der Waals surface area contributed by atoms with E-state index in [9.17, 15) is 0 Å². The average molecular weight is 236 g/mol. The summed E-state index contributed by atoms with van der Waals surface area (Å²) in [5.41, 5.74) is 5.79. The van der Waals surface area contributed by atoms with Gasteiger partial charge in [0.05, 0.1) is 0 Å². The second-order valence-electron chi connectivity index (χ2n) is 4.99. The molecule has 17 heavy (non-hydrogen) atoms. The second-order valence-corrected chi connectivity index (χ2v) is 4.99. The van der Waals surface area contributed by atoms with Gasteiger partial charge in [-0.15, -0.1) is 0 Å². The number of oxime groups is 1. The molecule has 0 amide bonds. The van der Waals surface area contributed by atoms with Crippen LogP contribution in [0.1, 0.15) is 38.4 Å². The quantitative estimate of drug-likeness (QED) is 0.342. The number of imidazole rings is 1. The molecule has 1 aliphatic carbocycles. The van der Waals surface area contributed by atoms with Gasteiger partial charge >= 0.3 is 0 Å². The van der Waals surface area contributed by atoms with Gasteiger partial charge in [-0.1, -0.05) is 12.1 Å². The van der Waals surface area contributed by atoms with Crippen LogP contribution >= 0.6 is 0 Å². The number of hydrogen-bond donors (Lipinski definition) is 2. The highest BCUT2D eigenvalue weighted by Crippen LogP contribution is 2.50. The molecule has 0 aromatic carbocycles. The largest absolute Gasteiger partial charge is 0.409 e. The third-order valence-corrected chi connectivity index (χ3v) is 3.42. The van der Waals surface area contributed by atoms with Crippen LogP contribution < -0.4 is 5.73 Å². The summed E-state index contributed by atoms with van der Waals surface area (Å²) < 4.78 is 2.21. The zero-order valence-electron chi connectivity index (χ0n) is 10.3. The number of nitrogens with two attached hydrogens (primary N) is 1. The molecule has 0 spiro atoms. The van der Waals surface area contributed by atoms with Crippen LogP contribution in [0, 0.1) is 5.41 Å². The Labute approximate surface area is 101 Å². The molecule has 0 saturated heterocycles. The van der Waals surface area contributed by atoms with E-state index in [1.54, 1.807) is 0 Å². The van der Waals surface area contributed by atoms with E-state index in [1.165, 1.54) is 0 Å². The molecule has 0 atom stereocenters. The van der Waals surface area contributed by atoms with Gasteiger partial charge in [0, 0.05) is 31.8 Å². The highest BCUT2D eigenvalue weighted by molar-refractivity contribution is 5.80. The SMILES string of the molecule is CCCc1nccn1CC1(CC(N)=NO)CC1. The summed E-state index contributed by atoms with van der Waals surface area (Å²) in [5, 5.41) is 11.7. The van der Waals surface area contributed by atoms with Crippen LogP contribution in [-0.2, 0) is 13.0 Å². The van der Waals surface area contributed by atoms with E-state index in [-0.39, 0.29) is 5.41 Å². The van der Waals surface area contributed by atoms with Gasteiger partial charge in [-0.25, -0.2) is 4.98 Å². The standard InChI is InChI=1S/C12H20N4O/c1-2-3-11-14-6-7-16(11)9-12(4-5-12)8-10(13)15-17/h6-7,17H,2-5,8-9H2,1H3,(H2,13,15). The molecule has 5 heteroatoms. The van der Waals surface area contributed by atoms with Crippen LogP contribution in [0.4, 0.5) is 0 Å². The molecule has 94 valence electrons. The molecule has 1 heterocycles. The molecule has 1 aromatic heterocycles. The number of rotatable bonds is 6. The predicted octanol–water partition coefficient (Wildman–Crippen LogP) is 1.75. The molecule has 0 aliphatic heterocycles. The Bertz CT molecular complexity index is 406. The van der Waals surface area contributed by atoms with E-state index < -0.39 is 0 Å². The predicted molar refractivity (Wildman–Crippen MR) is 65.9 cm³/mol. The van der Waals surface area contributed by atoms with E-state index in [0.29, 0.717) is 12.3 Å². The number of amidine groups is 1. The first-order valence-electron chi connectivity index (χ1n) is 6.15. The van der Waals surface area contributed by atoms with Gasteiger partial charge in [-0.3, -0.25) is 0 Å². The van der Waals surface area contributed by atoms with Crippen LogP contribution in [0.25, 0.3) is 0 Å². The van der Waals surface area contributed by atoms with Crippen molar-refractivity contribution in [2.45, 2.75) is 45.6 Å². The smallest absolute Gasteiger partial charge is 0.139 e. The monoisotopic (exact) mass is 236 g/mol. The van der Waals surface area contributed by atoms with Crippen molar-refractivity contribution >= 4 is 5.84 Å². The van der Waals surface area contributed by atoms with Crippen LogP contribution in [0.2, 0.25) is 0 Å². The Morgan fingerprint density at radius 2 is 2.41 bits per heavy atom. The number of nitrogens with zero attached hydrogens (tertiary/aromatic N) is 3. The fourth-order valence-corrected chi connectivity index (χ4v) is 2.28. The molecule has 5 nitrogen and oxygen atoms in total. The van der Waals surface area contributed by atoms with E-state index in [4.69, 9.17) is 10.9 Å². The van der Waals surface area contributed by atoms with Gasteiger partial charge < -0.3 is 15.5 Å². The average Bonchev–Trinajstić information content (AvgIpc) is 2.92. The fraction of sp³-hybridized carbons (Fsp3) is 0.667. The van der Waals surface area contributed by atoms with Crippen molar-refractivity contribution in [2.75, 3.05) is 0 Å². The van der Waals surface area contributed by atoms with Crippen LogP contribution in [0.5, 0.6) is 0 Å². The summed E-state index contributed by atoms with van der Waals surface area (Å²) in [6.07, 6.45) is 8.95. The van der Waals surface area contributed by atoms with Crippen LogP contribution in [0.15, 0.2) is 17.5 Å². The molecule has 3 N–H and O–H groups in total. The van der Waals surface area contributed by atoms with Crippen molar-refractivity contribution < 1.29 is 5.21 Å². The fourth-order valence-electron chi connectivity index (χ4n) is 2.28. The zero-order chi connectivity index (χ0) is 12.3. The first kappa shape index (κ1) is 12.0. The van der Waals surface area contributed by atoms with E-state index in [1.807, 2.05) is 12.4 Å². The Morgan fingerprint density at radius 3 is 3.00 bits per heavy atom. The highest BCUT2D eigenvalue weighted by atomic mass is 16.4. The summed E-state index contributed by atoms with van der Waals surface area (Å²) in [5.74, 6) is 1.47. The number of hydrogen-bond acceptors (Lipinski definition) is 3. The first-order chi connectivity index (χ1) is 8.19. The molecule has 2 rings (SSSR count). The van der Waals surface area contributed by atoms with Gasteiger partial charge in [0.15, 0.2) is 0 Å². The lowest BCUT2D eigenvalue weighted by Crippen LogP contribution is -2.22. The molecule has 0 radical (unpaired) electrons. The molecule has 0 unspecified atom stereocenters. The molecular formula is C12H20N4O. The van der Waals surface area contributed by atoms with Crippen molar-refractivity contribution in [3.63, 3.8) is 0 Å². The zero-order valence-corrected chi connectivity index (χ0v) is 10.3. The van der Waals surface area contributed by atoms with E-state index >= 15 is 0 Å². The van der Waals surface area contributed by atoms with Crippen molar-refractivity contribution in [2.24, 2.45) is 16.3 Å². The molecule has 1 fully saturated rings. The Balaban J connectivity index is 2.02. The summed E-state index contributed by atoms with van der Waals surface area (Å²) >= 11 is 0. The topological polar surface area (TPSA) is 76.4 Å². The maximum Gasteiger partial charge on any atom is 0.139 e. The van der Waals surface area contributed by atoms with Gasteiger partial charge in [-0.05, 0) is 24.7 Å². The Hall–Kier alpha value is -1.52. The molecule has 1 saturated carbocycles. The van der Waals surface area contributed by atoms with Gasteiger partial charge in [-0.2, -0.15) is 0 Å². The minimum absolute atomic E-state index is 0.194. The summed E-state index contributed by atoms with van der Waals surface area (Å²) in [6.45, 7) is 3.08. The van der Waals surface area contributed by atoms with Crippen molar-refractivity contribution in [3.05, 3.63) is 18.2 Å². The maximum atomic E-state index is 8.63. The van der Waals surface area contributed by atoms with Gasteiger partial charge in [0.2, 0.25) is 0 Å². The van der Waals surface area contributed by atoms with Gasteiger partial charge in [0.25, 0.3) is 0 Å². The van der Waals surface area contributed by atoms with Gasteiger partial charge in [0.1, 0.15) is 11.7 Å². The lowest BCUT2D eigenvalue weighted by Gasteiger charge is -2.16. The number of aryl methyl sites for hydroxylation is 1. The van der Waals surface area contributed by atoms with Crippen LogP contribution in [0.3, 0.4) is 0 Å². The summed E-state index contributed by atoms with van der Waals surface area (Å²) in [7, 11) is 0. The molecule has 1 aromatic rings. The lowest BCUT2D eigenvalue weighted by molar-refractivity contribution is 0.312. The third kappa shape index (κ3) is 2.78. The summed E-state index contributed by atoms with van der Waals surface area (Å²) in [4.78, 5) is 4.37. The Kier molecular flexibility index (Phi) is 3.36. The van der Waals surface area contributed by atoms with Crippen molar-refractivity contribution in [1.29, 1.82) is 0 Å². The van der Waals surface area contributed by atoms with Crippen LogP contribution in [-0.4, -0.2) is 20.6 Å². The number of aromatic nitrogens is 2. The normalized spacial score (nSPS) is 18.3. The minimum Gasteiger partial charge on any atom is -0.409 e. The maximum absolute atomic E-state index is 8.63.